The van der Waals surface area contributed by atoms with Gasteiger partial charge in [0.1, 0.15) is 11.4 Å². The molecule has 0 N–H and O–H groups in total. The highest BCUT2D eigenvalue weighted by Gasteiger charge is 2.12. The third kappa shape index (κ3) is 3.44. The Kier molecular flexibility index (Phi) is 5.46. The third-order valence-corrected chi connectivity index (χ3v) is 2.52. The Morgan fingerprint density at radius 3 is 2.35 bits per heavy atom. The van der Waals surface area contributed by atoms with Crippen LogP contribution in [0, 0.1) is 0 Å². The Bertz CT molecular complexity index is 378. The summed E-state index contributed by atoms with van der Waals surface area (Å²) in [5, 5.41) is 0. The minimum atomic E-state index is 0.507. The fourth-order valence-electron chi connectivity index (χ4n) is 1.60. The molecule has 0 unspecified atom stereocenters. The van der Waals surface area contributed by atoms with Crippen molar-refractivity contribution in [1.29, 1.82) is 0 Å². The molecule has 1 heterocycles. The van der Waals surface area contributed by atoms with Gasteiger partial charge in [-0.1, -0.05) is 26.3 Å². The summed E-state index contributed by atoms with van der Waals surface area (Å²) < 4.78 is 10.4. The zero-order valence-electron chi connectivity index (χ0n) is 10.8. The summed E-state index contributed by atoms with van der Waals surface area (Å²) in [5.74, 6) is 1.07. The standard InChI is InChI=1S/C13H20N2O2/c1-5-7-8-9-11-13(17-4)14-10(6-2)12(15-11)16-3/h6H,2,5,7-9H2,1,3-4H3. The van der Waals surface area contributed by atoms with E-state index < -0.39 is 0 Å². The van der Waals surface area contributed by atoms with E-state index in [-0.39, 0.29) is 0 Å². The summed E-state index contributed by atoms with van der Waals surface area (Å²) in [4.78, 5) is 8.76. The van der Waals surface area contributed by atoms with Crippen molar-refractivity contribution in [3.63, 3.8) is 0 Å². The second-order valence-corrected chi connectivity index (χ2v) is 3.74. The predicted octanol–water partition coefficient (Wildman–Crippen LogP) is 2.87. The summed E-state index contributed by atoms with van der Waals surface area (Å²) in [7, 11) is 3.19. The maximum atomic E-state index is 5.24. The van der Waals surface area contributed by atoms with Gasteiger partial charge in [0.25, 0.3) is 0 Å². The van der Waals surface area contributed by atoms with Gasteiger partial charge < -0.3 is 9.47 Å². The quantitative estimate of drug-likeness (QED) is 0.683. The summed E-state index contributed by atoms with van der Waals surface area (Å²) >= 11 is 0. The normalized spacial score (nSPS) is 10.1. The molecule has 0 aliphatic carbocycles. The average molecular weight is 236 g/mol. The molecule has 94 valence electrons. The minimum absolute atomic E-state index is 0.507. The van der Waals surface area contributed by atoms with Crippen molar-refractivity contribution in [2.75, 3.05) is 14.2 Å². The Balaban J connectivity index is 2.97. The molecule has 0 aliphatic heterocycles. The second kappa shape index (κ2) is 6.89. The van der Waals surface area contributed by atoms with Gasteiger partial charge in [0.2, 0.25) is 11.8 Å². The number of ether oxygens (including phenoxy) is 2. The molecule has 0 saturated carbocycles. The largest absolute Gasteiger partial charge is 0.480 e. The number of nitrogens with zero attached hydrogens (tertiary/aromatic N) is 2. The van der Waals surface area contributed by atoms with Crippen molar-refractivity contribution in [2.45, 2.75) is 32.6 Å². The molecule has 0 atom stereocenters. The average Bonchev–Trinajstić information content (AvgIpc) is 2.38. The van der Waals surface area contributed by atoms with Gasteiger partial charge >= 0.3 is 0 Å². The molecule has 0 aliphatic rings. The Morgan fingerprint density at radius 2 is 1.82 bits per heavy atom. The summed E-state index contributed by atoms with van der Waals surface area (Å²) in [6.45, 7) is 5.85. The molecule has 0 amide bonds. The highest BCUT2D eigenvalue weighted by molar-refractivity contribution is 5.49. The first-order valence-corrected chi connectivity index (χ1v) is 5.88. The zero-order chi connectivity index (χ0) is 12.7. The lowest BCUT2D eigenvalue weighted by Gasteiger charge is -2.10. The van der Waals surface area contributed by atoms with Crippen LogP contribution >= 0.6 is 0 Å². The van der Waals surface area contributed by atoms with Crippen LogP contribution in [0.15, 0.2) is 6.58 Å². The lowest BCUT2D eigenvalue weighted by Crippen LogP contribution is -2.04. The second-order valence-electron chi connectivity index (χ2n) is 3.74. The number of hydrogen-bond donors (Lipinski definition) is 0. The van der Waals surface area contributed by atoms with Crippen LogP contribution in [0.1, 0.15) is 37.6 Å². The molecule has 17 heavy (non-hydrogen) atoms. The van der Waals surface area contributed by atoms with Crippen LogP contribution in [0.5, 0.6) is 11.8 Å². The smallest absolute Gasteiger partial charge is 0.240 e. The van der Waals surface area contributed by atoms with Gasteiger partial charge in [-0.2, -0.15) is 0 Å². The zero-order valence-corrected chi connectivity index (χ0v) is 10.8. The van der Waals surface area contributed by atoms with Gasteiger partial charge in [-0.05, 0) is 18.9 Å². The van der Waals surface area contributed by atoms with Crippen LogP contribution in [0.2, 0.25) is 0 Å². The van der Waals surface area contributed by atoms with Crippen molar-refractivity contribution in [3.05, 3.63) is 18.0 Å². The monoisotopic (exact) mass is 236 g/mol. The van der Waals surface area contributed by atoms with E-state index in [4.69, 9.17) is 9.47 Å². The van der Waals surface area contributed by atoms with E-state index in [1.54, 1.807) is 20.3 Å². The first-order chi connectivity index (χ1) is 8.26. The summed E-state index contributed by atoms with van der Waals surface area (Å²) in [5.41, 5.74) is 1.46. The van der Waals surface area contributed by atoms with Gasteiger partial charge in [-0.25, -0.2) is 9.97 Å². The minimum Gasteiger partial charge on any atom is -0.480 e. The Morgan fingerprint density at radius 1 is 1.12 bits per heavy atom. The van der Waals surface area contributed by atoms with Gasteiger partial charge in [0, 0.05) is 0 Å². The molecule has 0 bridgehead atoms. The van der Waals surface area contributed by atoms with E-state index in [9.17, 15) is 0 Å². The van der Waals surface area contributed by atoms with Gasteiger partial charge in [0.15, 0.2) is 0 Å². The van der Waals surface area contributed by atoms with E-state index in [1.807, 2.05) is 0 Å². The van der Waals surface area contributed by atoms with Crippen LogP contribution < -0.4 is 9.47 Å². The molecule has 0 saturated heterocycles. The van der Waals surface area contributed by atoms with Crippen molar-refractivity contribution < 1.29 is 9.47 Å². The van der Waals surface area contributed by atoms with E-state index in [0.717, 1.165) is 18.5 Å². The first-order valence-electron chi connectivity index (χ1n) is 5.88. The fraction of sp³-hybridized carbons (Fsp3) is 0.538. The van der Waals surface area contributed by atoms with Crippen LogP contribution in [0.25, 0.3) is 6.08 Å². The maximum absolute atomic E-state index is 5.24. The van der Waals surface area contributed by atoms with Crippen molar-refractivity contribution >= 4 is 6.08 Å². The molecule has 1 rings (SSSR count). The molecule has 1 aromatic rings. The number of unbranched alkanes of at least 4 members (excludes halogenated alkanes) is 2. The van der Waals surface area contributed by atoms with Gasteiger partial charge in [-0.15, -0.1) is 0 Å². The summed E-state index contributed by atoms with van der Waals surface area (Å²) in [6, 6.07) is 0. The maximum Gasteiger partial charge on any atom is 0.240 e. The lowest BCUT2D eigenvalue weighted by molar-refractivity contribution is 0.366. The first kappa shape index (κ1) is 13.5. The van der Waals surface area contributed by atoms with Crippen LogP contribution in [0.4, 0.5) is 0 Å². The number of methoxy groups -OCH3 is 2. The molecule has 0 spiro atoms. The predicted molar refractivity (Wildman–Crippen MR) is 68.5 cm³/mol. The van der Waals surface area contributed by atoms with Crippen molar-refractivity contribution in [3.8, 4) is 11.8 Å². The van der Waals surface area contributed by atoms with E-state index in [0.29, 0.717) is 17.5 Å². The fourth-order valence-corrected chi connectivity index (χ4v) is 1.60. The van der Waals surface area contributed by atoms with E-state index in [1.165, 1.54) is 12.8 Å². The number of aryl methyl sites for hydroxylation is 1. The third-order valence-electron chi connectivity index (χ3n) is 2.52. The van der Waals surface area contributed by atoms with Gasteiger partial charge in [-0.3, -0.25) is 0 Å². The topological polar surface area (TPSA) is 44.2 Å². The molecular formula is C13H20N2O2. The number of hydrogen-bond acceptors (Lipinski definition) is 4. The van der Waals surface area contributed by atoms with Crippen LogP contribution in [-0.2, 0) is 6.42 Å². The molecule has 4 nitrogen and oxygen atoms in total. The highest BCUT2D eigenvalue weighted by atomic mass is 16.5. The Hall–Kier alpha value is -1.58. The Labute approximate surface area is 103 Å². The lowest BCUT2D eigenvalue weighted by atomic mass is 10.1. The van der Waals surface area contributed by atoms with E-state index >= 15 is 0 Å². The van der Waals surface area contributed by atoms with Gasteiger partial charge in [0.05, 0.1) is 14.2 Å². The van der Waals surface area contributed by atoms with Crippen LogP contribution in [-0.4, -0.2) is 24.2 Å². The van der Waals surface area contributed by atoms with Crippen molar-refractivity contribution in [2.24, 2.45) is 0 Å². The number of rotatable bonds is 7. The van der Waals surface area contributed by atoms with Crippen LogP contribution in [0.3, 0.4) is 0 Å². The SMILES string of the molecule is C=Cc1nc(OC)c(CCCCC)nc1OC. The molecule has 1 aromatic heterocycles. The molecule has 4 heteroatoms. The van der Waals surface area contributed by atoms with E-state index in [2.05, 4.69) is 23.5 Å². The van der Waals surface area contributed by atoms with Crippen molar-refractivity contribution in [1.82, 2.24) is 9.97 Å². The molecule has 0 aromatic carbocycles. The summed E-state index contributed by atoms with van der Waals surface area (Å²) in [6.07, 6.45) is 5.91. The molecule has 0 fully saturated rings. The number of aromatic nitrogens is 2. The molecular weight excluding hydrogens is 216 g/mol. The molecule has 0 radical (unpaired) electrons. The highest BCUT2D eigenvalue weighted by Crippen LogP contribution is 2.23.